The van der Waals surface area contributed by atoms with Gasteiger partial charge in [-0.15, -0.1) is 0 Å². The molecule has 0 atom stereocenters. The van der Waals surface area contributed by atoms with Crippen molar-refractivity contribution >= 4 is 11.8 Å². The summed E-state index contributed by atoms with van der Waals surface area (Å²) in [4.78, 5) is 0. The highest BCUT2D eigenvalue weighted by atomic mass is 32.2. The predicted octanol–water partition coefficient (Wildman–Crippen LogP) is 4.12. The van der Waals surface area contributed by atoms with Crippen LogP contribution in [0.5, 0.6) is 0 Å². The van der Waals surface area contributed by atoms with Crippen molar-refractivity contribution in [3.05, 3.63) is 59.2 Å². The molecule has 1 aliphatic carbocycles. The van der Waals surface area contributed by atoms with Gasteiger partial charge in [0.15, 0.2) is 0 Å². The van der Waals surface area contributed by atoms with Gasteiger partial charge in [-0.25, -0.2) is 0 Å². The summed E-state index contributed by atoms with van der Waals surface area (Å²) in [7, 11) is 0. The largest absolute Gasteiger partial charge is 0.161 e. The molecule has 16 heavy (non-hydrogen) atoms. The summed E-state index contributed by atoms with van der Waals surface area (Å²) >= 11 is 1.90. The van der Waals surface area contributed by atoms with Crippen LogP contribution >= 0.6 is 11.8 Å². The van der Waals surface area contributed by atoms with Crippen molar-refractivity contribution in [1.82, 2.24) is 0 Å². The molecule has 0 saturated carbocycles. The van der Waals surface area contributed by atoms with Crippen molar-refractivity contribution in [2.45, 2.75) is 12.2 Å². The van der Waals surface area contributed by atoms with E-state index in [0.717, 1.165) is 12.2 Å². The van der Waals surface area contributed by atoms with E-state index in [2.05, 4.69) is 48.7 Å². The number of benzene rings is 2. The van der Waals surface area contributed by atoms with E-state index in [1.165, 1.54) is 27.8 Å². The average Bonchev–Trinajstić information content (AvgIpc) is 2.69. The van der Waals surface area contributed by atoms with E-state index in [9.17, 15) is 0 Å². The van der Waals surface area contributed by atoms with E-state index in [-0.39, 0.29) is 0 Å². The maximum atomic E-state index is 2.27. The molecule has 0 amide bonds. The van der Waals surface area contributed by atoms with E-state index >= 15 is 0 Å². The Morgan fingerprint density at radius 2 is 1.81 bits per heavy atom. The van der Waals surface area contributed by atoms with Gasteiger partial charge in [0.05, 0.1) is 0 Å². The highest BCUT2D eigenvalue weighted by Crippen LogP contribution is 2.38. The minimum atomic E-state index is 1.11. The van der Waals surface area contributed by atoms with Gasteiger partial charge < -0.3 is 0 Å². The zero-order valence-corrected chi connectivity index (χ0v) is 10.2. The monoisotopic (exact) mass is 226 g/mol. The van der Waals surface area contributed by atoms with Crippen LogP contribution < -0.4 is 0 Å². The van der Waals surface area contributed by atoms with Gasteiger partial charge in [-0.2, -0.15) is 11.8 Å². The number of fused-ring (bicyclic) bond motifs is 3. The zero-order chi connectivity index (χ0) is 11.0. The summed E-state index contributed by atoms with van der Waals surface area (Å²) < 4.78 is 0. The maximum absolute atomic E-state index is 2.27. The summed E-state index contributed by atoms with van der Waals surface area (Å²) in [6.07, 6.45) is 3.28. The fraction of sp³-hybridized carbons (Fsp3) is 0.200. The summed E-state index contributed by atoms with van der Waals surface area (Å²) in [6.45, 7) is 0. The van der Waals surface area contributed by atoms with E-state index < -0.39 is 0 Å². The number of hydrogen-bond donors (Lipinski definition) is 0. The molecular formula is C15H14S. The maximum Gasteiger partial charge on any atom is 0.0184 e. The van der Waals surface area contributed by atoms with Gasteiger partial charge in [0.25, 0.3) is 0 Å². The second-order valence-corrected chi connectivity index (χ2v) is 5.08. The topological polar surface area (TPSA) is 0 Å². The highest BCUT2D eigenvalue weighted by molar-refractivity contribution is 7.97. The van der Waals surface area contributed by atoms with E-state index in [1.807, 2.05) is 11.8 Å². The van der Waals surface area contributed by atoms with Crippen molar-refractivity contribution in [3.63, 3.8) is 0 Å². The van der Waals surface area contributed by atoms with Crippen LogP contribution in [0, 0.1) is 0 Å². The molecule has 80 valence electrons. The van der Waals surface area contributed by atoms with E-state index in [1.54, 1.807) is 0 Å². The molecular weight excluding hydrogens is 212 g/mol. The summed E-state index contributed by atoms with van der Waals surface area (Å²) in [5, 5.41) is 0. The lowest BCUT2D eigenvalue weighted by molar-refractivity contribution is 1.20. The molecule has 2 aromatic rings. The first-order valence-corrected chi connectivity index (χ1v) is 6.97. The molecule has 0 N–H and O–H groups in total. The molecule has 0 bridgehead atoms. The first-order chi connectivity index (χ1) is 7.90. The molecule has 0 spiro atoms. The molecule has 0 aliphatic heterocycles. The van der Waals surface area contributed by atoms with E-state index in [0.29, 0.717) is 0 Å². The van der Waals surface area contributed by atoms with Crippen molar-refractivity contribution in [2.24, 2.45) is 0 Å². The molecule has 2 aromatic carbocycles. The quantitative estimate of drug-likeness (QED) is 0.633. The van der Waals surface area contributed by atoms with Crippen molar-refractivity contribution in [1.29, 1.82) is 0 Å². The second kappa shape index (κ2) is 3.99. The lowest BCUT2D eigenvalue weighted by Gasteiger charge is -2.06. The van der Waals surface area contributed by atoms with Gasteiger partial charge in [0.2, 0.25) is 0 Å². The minimum Gasteiger partial charge on any atom is -0.161 e. The standard InChI is InChI=1S/C15H14S/c1-16-10-12-6-4-8-14-13-7-3-2-5-11(13)9-15(12)14/h2-8H,9-10H2,1H3. The van der Waals surface area contributed by atoms with Gasteiger partial charge in [-0.05, 0) is 40.5 Å². The Kier molecular flexibility index (Phi) is 2.49. The Labute approximate surface area is 101 Å². The molecule has 3 rings (SSSR count). The van der Waals surface area contributed by atoms with Crippen LogP contribution in [0.1, 0.15) is 16.7 Å². The summed E-state index contributed by atoms with van der Waals surface area (Å²) in [6, 6.07) is 15.5. The molecule has 0 radical (unpaired) electrons. The number of thioether (sulfide) groups is 1. The van der Waals surface area contributed by atoms with Crippen molar-refractivity contribution in [2.75, 3.05) is 6.26 Å². The van der Waals surface area contributed by atoms with Crippen LogP contribution in [-0.2, 0) is 12.2 Å². The third-order valence-corrected chi connectivity index (χ3v) is 3.85. The highest BCUT2D eigenvalue weighted by Gasteiger charge is 2.19. The van der Waals surface area contributed by atoms with Gasteiger partial charge >= 0.3 is 0 Å². The Morgan fingerprint density at radius 3 is 2.69 bits per heavy atom. The Morgan fingerprint density at radius 1 is 1.00 bits per heavy atom. The molecule has 0 aromatic heterocycles. The third-order valence-electron chi connectivity index (χ3n) is 3.25. The Hall–Kier alpha value is -1.21. The first-order valence-electron chi connectivity index (χ1n) is 5.58. The molecule has 0 heterocycles. The van der Waals surface area contributed by atoms with Crippen molar-refractivity contribution < 1.29 is 0 Å². The second-order valence-electron chi connectivity index (χ2n) is 4.21. The lowest BCUT2D eigenvalue weighted by atomic mass is 10.0. The normalized spacial score (nSPS) is 12.3. The van der Waals surface area contributed by atoms with Crippen LogP contribution in [0.15, 0.2) is 42.5 Å². The predicted molar refractivity (Wildman–Crippen MR) is 71.9 cm³/mol. The van der Waals surface area contributed by atoms with Gasteiger partial charge in [-0.3, -0.25) is 0 Å². The third kappa shape index (κ3) is 1.47. The fourth-order valence-corrected chi connectivity index (χ4v) is 3.10. The summed E-state index contributed by atoms with van der Waals surface area (Å²) in [5.41, 5.74) is 7.40. The van der Waals surface area contributed by atoms with Gasteiger partial charge in [-0.1, -0.05) is 42.5 Å². The molecule has 1 heteroatoms. The molecule has 1 aliphatic rings. The molecule has 0 saturated heterocycles. The molecule has 0 nitrogen and oxygen atoms in total. The van der Waals surface area contributed by atoms with Crippen LogP contribution in [0.25, 0.3) is 11.1 Å². The van der Waals surface area contributed by atoms with Crippen LogP contribution in [0.2, 0.25) is 0 Å². The fourth-order valence-electron chi connectivity index (χ4n) is 2.51. The van der Waals surface area contributed by atoms with Crippen molar-refractivity contribution in [3.8, 4) is 11.1 Å². The van der Waals surface area contributed by atoms with Gasteiger partial charge in [0, 0.05) is 5.75 Å². The average molecular weight is 226 g/mol. The Bertz CT molecular complexity index is 529. The summed E-state index contributed by atoms with van der Waals surface area (Å²) in [5.74, 6) is 1.12. The smallest absolute Gasteiger partial charge is 0.0184 e. The molecule has 0 unspecified atom stereocenters. The van der Waals surface area contributed by atoms with Crippen LogP contribution in [0.4, 0.5) is 0 Å². The SMILES string of the molecule is CSCc1cccc2c1Cc1ccccc1-2. The van der Waals surface area contributed by atoms with Crippen LogP contribution in [-0.4, -0.2) is 6.26 Å². The zero-order valence-electron chi connectivity index (χ0n) is 9.36. The van der Waals surface area contributed by atoms with Gasteiger partial charge in [0.1, 0.15) is 0 Å². The number of rotatable bonds is 2. The Balaban J connectivity index is 2.16. The minimum absolute atomic E-state index is 1.11. The first kappa shape index (κ1) is 9.98. The van der Waals surface area contributed by atoms with Crippen LogP contribution in [0.3, 0.4) is 0 Å². The van der Waals surface area contributed by atoms with E-state index in [4.69, 9.17) is 0 Å². The lowest BCUT2D eigenvalue weighted by Crippen LogP contribution is -1.89. The molecule has 0 fully saturated rings. The number of hydrogen-bond acceptors (Lipinski definition) is 1.